The highest BCUT2D eigenvalue weighted by atomic mass is 16.5. The molecule has 1 fully saturated rings. The van der Waals surface area contributed by atoms with Crippen LogP contribution in [-0.2, 0) is 14.3 Å². The van der Waals surface area contributed by atoms with Gasteiger partial charge in [-0.3, -0.25) is 9.59 Å². The maximum atomic E-state index is 12.1. The summed E-state index contributed by atoms with van der Waals surface area (Å²) in [6.45, 7) is 4.87. The van der Waals surface area contributed by atoms with Gasteiger partial charge in [-0.05, 0) is 5.92 Å². The van der Waals surface area contributed by atoms with Crippen LogP contribution in [0.1, 0.15) is 13.8 Å². The van der Waals surface area contributed by atoms with Crippen molar-refractivity contribution in [2.45, 2.75) is 25.9 Å². The maximum absolute atomic E-state index is 12.1. The van der Waals surface area contributed by atoms with Gasteiger partial charge in [0.25, 0.3) is 0 Å². The van der Waals surface area contributed by atoms with Crippen molar-refractivity contribution in [1.82, 2.24) is 10.2 Å². The number of rotatable bonds is 3. The molecule has 1 saturated heterocycles. The first kappa shape index (κ1) is 13.9. The predicted octanol–water partition coefficient (Wildman–Crippen LogP) is -1.06. The Morgan fingerprint density at radius 3 is 2.65 bits per heavy atom. The Morgan fingerprint density at radius 2 is 2.12 bits per heavy atom. The van der Waals surface area contributed by atoms with Crippen LogP contribution < -0.4 is 11.1 Å². The van der Waals surface area contributed by atoms with Crippen molar-refractivity contribution >= 4 is 11.8 Å². The van der Waals surface area contributed by atoms with E-state index in [0.29, 0.717) is 13.2 Å². The summed E-state index contributed by atoms with van der Waals surface area (Å²) < 4.78 is 5.23. The van der Waals surface area contributed by atoms with E-state index < -0.39 is 12.1 Å². The Kier molecular flexibility index (Phi) is 4.89. The van der Waals surface area contributed by atoms with Crippen molar-refractivity contribution in [2.24, 2.45) is 11.7 Å². The summed E-state index contributed by atoms with van der Waals surface area (Å²) in [6, 6.07) is -1.13. The summed E-state index contributed by atoms with van der Waals surface area (Å²) in [7, 11) is 1.54. The van der Waals surface area contributed by atoms with Gasteiger partial charge in [-0.15, -0.1) is 0 Å². The molecule has 1 rings (SSSR count). The molecule has 0 aromatic carbocycles. The van der Waals surface area contributed by atoms with Crippen LogP contribution in [0.25, 0.3) is 0 Å². The van der Waals surface area contributed by atoms with Gasteiger partial charge in [0, 0.05) is 13.6 Å². The van der Waals surface area contributed by atoms with E-state index in [2.05, 4.69) is 5.32 Å². The van der Waals surface area contributed by atoms with Gasteiger partial charge in [0.2, 0.25) is 11.8 Å². The van der Waals surface area contributed by atoms with Gasteiger partial charge in [-0.2, -0.15) is 0 Å². The van der Waals surface area contributed by atoms with E-state index in [-0.39, 0.29) is 24.3 Å². The summed E-state index contributed by atoms with van der Waals surface area (Å²) in [5.41, 5.74) is 5.83. The van der Waals surface area contributed by atoms with Gasteiger partial charge in [-0.1, -0.05) is 13.8 Å². The first-order valence-corrected chi connectivity index (χ1v) is 5.84. The second-order valence-electron chi connectivity index (χ2n) is 4.51. The molecule has 0 saturated carbocycles. The lowest BCUT2D eigenvalue weighted by Gasteiger charge is -2.36. The van der Waals surface area contributed by atoms with Crippen LogP contribution in [0.5, 0.6) is 0 Å². The van der Waals surface area contributed by atoms with Crippen molar-refractivity contribution in [1.29, 1.82) is 0 Å². The number of morpholine rings is 1. The zero-order valence-electron chi connectivity index (χ0n) is 10.6. The number of carbonyl (C=O) groups excluding carboxylic acids is 2. The van der Waals surface area contributed by atoms with E-state index in [1.807, 2.05) is 13.8 Å². The monoisotopic (exact) mass is 243 g/mol. The third-order valence-corrected chi connectivity index (χ3v) is 2.96. The number of nitrogens with zero attached hydrogens (tertiary/aromatic N) is 1. The largest absolute Gasteiger partial charge is 0.377 e. The smallest absolute Gasteiger partial charge is 0.244 e. The molecule has 1 aliphatic rings. The molecule has 3 N–H and O–H groups in total. The first-order valence-electron chi connectivity index (χ1n) is 5.84. The Balaban J connectivity index is 2.77. The van der Waals surface area contributed by atoms with Crippen molar-refractivity contribution < 1.29 is 14.3 Å². The fourth-order valence-electron chi connectivity index (χ4n) is 1.73. The number of likely N-dealkylation sites (N-methyl/N-ethyl adjacent to an activating group) is 1. The van der Waals surface area contributed by atoms with Crippen LogP contribution in [0, 0.1) is 5.92 Å². The summed E-state index contributed by atoms with van der Waals surface area (Å²) in [5.74, 6) is -0.346. The minimum atomic E-state index is -0.569. The molecule has 0 aromatic rings. The molecule has 0 spiro atoms. The van der Waals surface area contributed by atoms with Crippen molar-refractivity contribution in [3.05, 3.63) is 0 Å². The molecule has 2 unspecified atom stereocenters. The van der Waals surface area contributed by atoms with E-state index in [1.54, 1.807) is 7.05 Å². The third-order valence-electron chi connectivity index (χ3n) is 2.96. The second kappa shape index (κ2) is 5.97. The molecule has 1 heterocycles. The van der Waals surface area contributed by atoms with Gasteiger partial charge in [0.05, 0.1) is 19.3 Å². The molecule has 17 heavy (non-hydrogen) atoms. The number of nitrogens with one attached hydrogen (secondary N) is 1. The molecule has 98 valence electrons. The fourth-order valence-corrected chi connectivity index (χ4v) is 1.73. The minimum Gasteiger partial charge on any atom is -0.377 e. The Bertz CT molecular complexity index is 294. The Hall–Kier alpha value is -1.14. The standard InChI is InChI=1S/C11H21N3O3/c1-7(2)9(12)11(16)14-4-5-17-6-8(14)10(15)13-3/h7-9H,4-6,12H2,1-3H3,(H,13,15). The quantitative estimate of drug-likeness (QED) is 0.662. The van der Waals surface area contributed by atoms with E-state index in [4.69, 9.17) is 10.5 Å². The zero-order chi connectivity index (χ0) is 13.0. The van der Waals surface area contributed by atoms with Gasteiger partial charge >= 0.3 is 0 Å². The summed E-state index contributed by atoms with van der Waals surface area (Å²) in [5, 5.41) is 2.53. The normalized spacial score (nSPS) is 22.4. The van der Waals surface area contributed by atoms with Crippen molar-refractivity contribution in [3.8, 4) is 0 Å². The average molecular weight is 243 g/mol. The van der Waals surface area contributed by atoms with Crippen LogP contribution in [0.4, 0.5) is 0 Å². The van der Waals surface area contributed by atoms with Crippen molar-refractivity contribution in [2.75, 3.05) is 26.8 Å². The molecule has 0 bridgehead atoms. The maximum Gasteiger partial charge on any atom is 0.244 e. The summed E-state index contributed by atoms with van der Waals surface area (Å²) in [6.07, 6.45) is 0. The number of nitrogens with two attached hydrogens (primary N) is 1. The van der Waals surface area contributed by atoms with E-state index in [1.165, 1.54) is 4.90 Å². The number of carbonyl (C=O) groups is 2. The highest BCUT2D eigenvalue weighted by molar-refractivity contribution is 5.90. The first-order chi connectivity index (χ1) is 7.99. The van der Waals surface area contributed by atoms with E-state index in [9.17, 15) is 9.59 Å². The molecule has 0 aromatic heterocycles. The van der Waals surface area contributed by atoms with Crippen LogP contribution in [0.2, 0.25) is 0 Å². The number of ether oxygens (including phenoxy) is 1. The van der Waals surface area contributed by atoms with Crippen LogP contribution in [0.15, 0.2) is 0 Å². The lowest BCUT2D eigenvalue weighted by molar-refractivity contribution is -0.149. The number of amides is 2. The lowest BCUT2D eigenvalue weighted by atomic mass is 10.0. The lowest BCUT2D eigenvalue weighted by Crippen LogP contribution is -2.59. The molecule has 1 aliphatic heterocycles. The Morgan fingerprint density at radius 1 is 1.47 bits per heavy atom. The summed E-state index contributed by atoms with van der Waals surface area (Å²) in [4.78, 5) is 25.3. The highest BCUT2D eigenvalue weighted by Crippen LogP contribution is 2.11. The molecule has 6 nitrogen and oxygen atoms in total. The zero-order valence-corrected chi connectivity index (χ0v) is 10.6. The predicted molar refractivity (Wildman–Crippen MR) is 63.2 cm³/mol. The molecule has 2 amide bonds. The highest BCUT2D eigenvalue weighted by Gasteiger charge is 2.35. The Labute approximate surface area is 101 Å². The van der Waals surface area contributed by atoms with Crippen LogP contribution in [0.3, 0.4) is 0 Å². The molecular formula is C11H21N3O3. The molecule has 0 aliphatic carbocycles. The molecular weight excluding hydrogens is 222 g/mol. The van der Waals surface area contributed by atoms with Crippen LogP contribution in [-0.4, -0.2) is 55.6 Å². The molecule has 6 heteroatoms. The van der Waals surface area contributed by atoms with Gasteiger partial charge in [0.1, 0.15) is 6.04 Å². The third kappa shape index (κ3) is 3.17. The average Bonchev–Trinajstić information content (AvgIpc) is 2.35. The topological polar surface area (TPSA) is 84.7 Å². The van der Waals surface area contributed by atoms with Gasteiger partial charge < -0.3 is 20.7 Å². The van der Waals surface area contributed by atoms with E-state index >= 15 is 0 Å². The van der Waals surface area contributed by atoms with Gasteiger partial charge in [0.15, 0.2) is 0 Å². The number of hydrogen-bond donors (Lipinski definition) is 2. The van der Waals surface area contributed by atoms with E-state index in [0.717, 1.165) is 0 Å². The minimum absolute atomic E-state index is 0.0516. The number of hydrogen-bond acceptors (Lipinski definition) is 4. The van der Waals surface area contributed by atoms with Crippen LogP contribution >= 0.6 is 0 Å². The van der Waals surface area contributed by atoms with Gasteiger partial charge in [-0.25, -0.2) is 0 Å². The fraction of sp³-hybridized carbons (Fsp3) is 0.818. The molecule has 0 radical (unpaired) electrons. The van der Waals surface area contributed by atoms with Crippen molar-refractivity contribution in [3.63, 3.8) is 0 Å². The summed E-state index contributed by atoms with van der Waals surface area (Å²) >= 11 is 0. The second-order valence-corrected chi connectivity index (χ2v) is 4.51. The SMILES string of the molecule is CNC(=O)C1COCCN1C(=O)C(N)C(C)C. The molecule has 2 atom stereocenters.